The van der Waals surface area contributed by atoms with Gasteiger partial charge in [0, 0.05) is 23.3 Å². The molecule has 0 saturated heterocycles. The van der Waals surface area contributed by atoms with Gasteiger partial charge < -0.3 is 5.32 Å². The monoisotopic (exact) mass is 390 g/mol. The van der Waals surface area contributed by atoms with Gasteiger partial charge in [0.15, 0.2) is 11.5 Å². The number of carbonyl (C=O) groups excluding carboxylic acids is 1. The van der Waals surface area contributed by atoms with Gasteiger partial charge in [-0.2, -0.15) is 0 Å². The van der Waals surface area contributed by atoms with E-state index in [2.05, 4.69) is 15.5 Å². The van der Waals surface area contributed by atoms with E-state index in [4.69, 9.17) is 11.6 Å². The number of amides is 1. The van der Waals surface area contributed by atoms with Crippen LogP contribution in [0.4, 0.5) is 0 Å². The molecule has 0 atom stereocenters. The molecule has 0 fully saturated rings. The van der Waals surface area contributed by atoms with E-state index >= 15 is 0 Å². The molecular weight excluding hydrogens is 372 g/mol. The van der Waals surface area contributed by atoms with Crippen molar-refractivity contribution < 1.29 is 4.79 Å². The third-order valence-electron chi connectivity index (χ3n) is 4.74. The second-order valence-electron chi connectivity index (χ2n) is 6.75. The van der Waals surface area contributed by atoms with E-state index in [0.29, 0.717) is 22.8 Å². The van der Waals surface area contributed by atoms with E-state index in [1.54, 1.807) is 18.3 Å². The number of fused-ring (bicyclic) bond motifs is 1. The Bertz CT molecular complexity index is 1140. The number of carbonyl (C=O) groups is 1. The first kappa shape index (κ1) is 18.2. The minimum Gasteiger partial charge on any atom is -0.348 e. The summed E-state index contributed by atoms with van der Waals surface area (Å²) < 4.78 is 1.87. The van der Waals surface area contributed by atoms with Crippen molar-refractivity contribution >= 4 is 23.2 Å². The Labute approximate surface area is 168 Å². The quantitative estimate of drug-likeness (QED) is 0.554. The van der Waals surface area contributed by atoms with E-state index in [1.807, 2.05) is 60.7 Å². The van der Waals surface area contributed by atoms with E-state index in [9.17, 15) is 4.79 Å². The number of aromatic nitrogens is 3. The maximum absolute atomic E-state index is 12.6. The van der Waals surface area contributed by atoms with Crippen molar-refractivity contribution in [2.75, 3.05) is 0 Å². The number of hydrogen-bond acceptors (Lipinski definition) is 3. The zero-order chi connectivity index (χ0) is 19.7. The lowest BCUT2D eigenvalue weighted by Gasteiger charge is -2.09. The maximum atomic E-state index is 12.6. The average Bonchev–Trinajstić information content (AvgIpc) is 3.10. The highest BCUT2D eigenvalue weighted by Gasteiger charge is 2.15. The number of nitrogens with one attached hydrogen (secondary N) is 1. The molecule has 0 unspecified atom stereocenters. The molecule has 6 heteroatoms. The van der Waals surface area contributed by atoms with Crippen LogP contribution in [0.25, 0.3) is 17.0 Å². The molecule has 5 nitrogen and oxygen atoms in total. The van der Waals surface area contributed by atoms with Gasteiger partial charge in [-0.1, -0.05) is 41.9 Å². The van der Waals surface area contributed by atoms with Crippen LogP contribution in [0, 0.1) is 13.8 Å². The van der Waals surface area contributed by atoms with Gasteiger partial charge in [-0.25, -0.2) is 0 Å². The Balaban J connectivity index is 1.64. The van der Waals surface area contributed by atoms with Crippen LogP contribution >= 0.6 is 11.6 Å². The fourth-order valence-corrected chi connectivity index (χ4v) is 3.38. The molecule has 4 rings (SSSR count). The summed E-state index contributed by atoms with van der Waals surface area (Å²) >= 11 is 5.90. The lowest BCUT2D eigenvalue weighted by Crippen LogP contribution is -2.23. The van der Waals surface area contributed by atoms with Crippen LogP contribution in [-0.4, -0.2) is 20.5 Å². The van der Waals surface area contributed by atoms with Crippen LogP contribution < -0.4 is 5.32 Å². The second-order valence-corrected chi connectivity index (χ2v) is 7.18. The summed E-state index contributed by atoms with van der Waals surface area (Å²) in [6.45, 7) is 4.53. The summed E-state index contributed by atoms with van der Waals surface area (Å²) in [6, 6.07) is 17.1. The number of pyridine rings is 1. The number of aryl methyl sites for hydroxylation is 2. The number of rotatable bonds is 4. The van der Waals surface area contributed by atoms with E-state index < -0.39 is 0 Å². The fraction of sp³-hybridized carbons (Fsp3) is 0.136. The zero-order valence-electron chi connectivity index (χ0n) is 15.6. The molecule has 4 aromatic rings. The first-order chi connectivity index (χ1) is 13.5. The highest BCUT2D eigenvalue weighted by Crippen LogP contribution is 2.26. The molecule has 1 amide bonds. The van der Waals surface area contributed by atoms with Gasteiger partial charge in [-0.3, -0.25) is 9.20 Å². The van der Waals surface area contributed by atoms with Gasteiger partial charge >= 0.3 is 0 Å². The molecule has 1 N–H and O–H groups in total. The normalized spacial score (nSPS) is 11.0. The third-order valence-corrected chi connectivity index (χ3v) is 4.99. The Kier molecular flexibility index (Phi) is 4.84. The predicted octanol–water partition coefficient (Wildman–Crippen LogP) is 4.60. The SMILES string of the molecule is Cc1cccc(C)c1-c1nnc2ccc(C(=O)NCc3ccc(Cl)cc3)cn12. The molecule has 140 valence electrons. The molecule has 0 bridgehead atoms. The molecule has 0 saturated carbocycles. The lowest BCUT2D eigenvalue weighted by atomic mass is 10.0. The summed E-state index contributed by atoms with van der Waals surface area (Å²) in [5.41, 5.74) is 5.51. The minimum atomic E-state index is -0.155. The lowest BCUT2D eigenvalue weighted by molar-refractivity contribution is 0.0950. The molecule has 28 heavy (non-hydrogen) atoms. The fourth-order valence-electron chi connectivity index (χ4n) is 3.25. The first-order valence-corrected chi connectivity index (χ1v) is 9.35. The summed E-state index contributed by atoms with van der Waals surface area (Å²) in [4.78, 5) is 12.6. The van der Waals surface area contributed by atoms with Crippen molar-refractivity contribution in [2.24, 2.45) is 0 Å². The molecule has 0 aliphatic rings. The number of halogens is 1. The molecule has 2 heterocycles. The Hall–Kier alpha value is -3.18. The van der Waals surface area contributed by atoms with E-state index in [-0.39, 0.29) is 5.91 Å². The third kappa shape index (κ3) is 3.49. The predicted molar refractivity (Wildman–Crippen MR) is 111 cm³/mol. The molecular formula is C22H19ClN4O. The molecule has 2 aromatic carbocycles. The van der Waals surface area contributed by atoms with Crippen LogP contribution in [0.15, 0.2) is 60.8 Å². The van der Waals surface area contributed by atoms with E-state index in [0.717, 1.165) is 28.1 Å². The smallest absolute Gasteiger partial charge is 0.253 e. The van der Waals surface area contributed by atoms with Crippen LogP contribution in [0.5, 0.6) is 0 Å². The molecule has 0 aliphatic carbocycles. The zero-order valence-corrected chi connectivity index (χ0v) is 16.4. The van der Waals surface area contributed by atoms with Gasteiger partial charge in [-0.05, 0) is 54.8 Å². The molecule has 2 aromatic heterocycles. The van der Waals surface area contributed by atoms with Crippen LogP contribution in [0.2, 0.25) is 5.02 Å². The van der Waals surface area contributed by atoms with E-state index in [1.165, 1.54) is 0 Å². The summed E-state index contributed by atoms with van der Waals surface area (Å²) in [5.74, 6) is 0.580. The van der Waals surface area contributed by atoms with Crippen molar-refractivity contribution in [3.05, 3.63) is 88.1 Å². The van der Waals surface area contributed by atoms with Crippen molar-refractivity contribution in [2.45, 2.75) is 20.4 Å². The van der Waals surface area contributed by atoms with Crippen LogP contribution in [0.1, 0.15) is 27.0 Å². The second kappa shape index (κ2) is 7.44. The number of hydrogen-bond donors (Lipinski definition) is 1. The van der Waals surface area contributed by atoms with Crippen molar-refractivity contribution in [3.8, 4) is 11.4 Å². The summed E-state index contributed by atoms with van der Waals surface area (Å²) in [5, 5.41) is 12.2. The molecule has 0 spiro atoms. The first-order valence-electron chi connectivity index (χ1n) is 8.97. The van der Waals surface area contributed by atoms with Gasteiger partial charge in [-0.15, -0.1) is 10.2 Å². The topological polar surface area (TPSA) is 59.3 Å². The number of benzene rings is 2. The van der Waals surface area contributed by atoms with Gasteiger partial charge in [0.1, 0.15) is 0 Å². The van der Waals surface area contributed by atoms with Crippen molar-refractivity contribution in [1.82, 2.24) is 19.9 Å². The molecule has 0 radical (unpaired) electrons. The highest BCUT2D eigenvalue weighted by molar-refractivity contribution is 6.30. The largest absolute Gasteiger partial charge is 0.348 e. The van der Waals surface area contributed by atoms with Crippen molar-refractivity contribution in [1.29, 1.82) is 0 Å². The number of nitrogens with zero attached hydrogens (tertiary/aromatic N) is 3. The maximum Gasteiger partial charge on any atom is 0.253 e. The Morgan fingerprint density at radius 2 is 1.71 bits per heavy atom. The summed E-state index contributed by atoms with van der Waals surface area (Å²) in [6.07, 6.45) is 1.79. The van der Waals surface area contributed by atoms with Crippen LogP contribution in [-0.2, 0) is 6.54 Å². The summed E-state index contributed by atoms with van der Waals surface area (Å²) in [7, 11) is 0. The average molecular weight is 391 g/mol. The van der Waals surface area contributed by atoms with Gasteiger partial charge in [0.05, 0.1) is 5.56 Å². The van der Waals surface area contributed by atoms with Crippen LogP contribution in [0.3, 0.4) is 0 Å². The van der Waals surface area contributed by atoms with Gasteiger partial charge in [0.25, 0.3) is 5.91 Å². The minimum absolute atomic E-state index is 0.155. The van der Waals surface area contributed by atoms with Crippen molar-refractivity contribution in [3.63, 3.8) is 0 Å². The Morgan fingerprint density at radius 3 is 2.43 bits per heavy atom. The Morgan fingerprint density at radius 1 is 1.00 bits per heavy atom. The van der Waals surface area contributed by atoms with Gasteiger partial charge in [0.2, 0.25) is 0 Å². The highest BCUT2D eigenvalue weighted by atomic mass is 35.5. The molecule has 0 aliphatic heterocycles. The standard InChI is InChI=1S/C22H19ClN4O/c1-14-4-3-5-15(2)20(14)21-26-25-19-11-8-17(13-27(19)21)22(28)24-12-16-6-9-18(23)10-7-16/h3-11,13H,12H2,1-2H3,(H,24,28).